The van der Waals surface area contributed by atoms with Gasteiger partial charge in [-0.2, -0.15) is 0 Å². The lowest BCUT2D eigenvalue weighted by atomic mass is 9.75. The summed E-state index contributed by atoms with van der Waals surface area (Å²) < 4.78 is 0. The molecule has 0 aliphatic carbocycles. The molecule has 4 atom stereocenters. The van der Waals surface area contributed by atoms with Crippen LogP contribution in [0.15, 0.2) is 0 Å². The monoisotopic (exact) mass is 315 g/mol. The molecule has 0 aromatic heterocycles. The zero-order valence-electron chi connectivity index (χ0n) is 18.1. The topological polar surface area (TPSA) is 12.0 Å². The van der Waals surface area contributed by atoms with Gasteiger partial charge in [-0.25, -0.2) is 0 Å². The van der Waals surface area contributed by atoms with Gasteiger partial charge >= 0.3 is 0 Å². The Labute approximate surface area is 144 Å². The maximum Gasteiger partial charge on any atom is 0.00384 e. The predicted octanol–water partition coefficient (Wildman–Crippen LogP) is 7.02. The number of hydrogen-bond donors (Lipinski definition) is 1. The van der Waals surface area contributed by atoms with E-state index >= 15 is 0 Å². The van der Waals surface area contributed by atoms with E-state index in [-0.39, 0.29) is 0 Å². The molecule has 0 aliphatic heterocycles. The molecule has 0 aromatic carbocycles. The average Bonchev–Trinajstić information content (AvgIpc) is 2.48. The van der Waals surface area contributed by atoms with E-state index in [0.29, 0.717) is 6.04 Å². The van der Waals surface area contributed by atoms with Crippen LogP contribution in [0.25, 0.3) is 0 Å². The fraction of sp³-hybridized carbons (Fsp3) is 1.00. The van der Waals surface area contributed by atoms with Crippen molar-refractivity contribution in [3.8, 4) is 0 Å². The molecule has 0 amide bonds. The Bertz CT molecular complexity index is 198. The molecular formula is C21H49N. The first kappa shape index (κ1) is 26.8. The Morgan fingerprint density at radius 1 is 0.727 bits per heavy atom. The normalized spacial score (nSPS) is 16.1. The van der Waals surface area contributed by atoms with Crippen LogP contribution in [0.2, 0.25) is 0 Å². The van der Waals surface area contributed by atoms with Crippen LogP contribution in [0.4, 0.5) is 0 Å². The molecule has 138 valence electrons. The molecule has 22 heavy (non-hydrogen) atoms. The van der Waals surface area contributed by atoms with E-state index in [4.69, 9.17) is 0 Å². The Morgan fingerprint density at radius 3 is 1.41 bits per heavy atom. The van der Waals surface area contributed by atoms with Gasteiger partial charge in [-0.1, -0.05) is 75.7 Å². The van der Waals surface area contributed by atoms with Crippen molar-refractivity contribution in [2.75, 3.05) is 7.05 Å². The Balaban J connectivity index is -0.000000637. The van der Waals surface area contributed by atoms with Crippen LogP contribution in [0.5, 0.6) is 0 Å². The summed E-state index contributed by atoms with van der Waals surface area (Å²) in [6.45, 7) is 24.8. The van der Waals surface area contributed by atoms with Gasteiger partial charge < -0.3 is 5.32 Å². The predicted molar refractivity (Wildman–Crippen MR) is 107 cm³/mol. The van der Waals surface area contributed by atoms with E-state index in [0.717, 1.165) is 29.6 Å². The lowest BCUT2D eigenvalue weighted by Crippen LogP contribution is -2.30. The van der Waals surface area contributed by atoms with E-state index in [1.165, 1.54) is 19.3 Å². The van der Waals surface area contributed by atoms with Gasteiger partial charge in [0.05, 0.1) is 0 Å². The highest BCUT2D eigenvalue weighted by Crippen LogP contribution is 2.32. The molecular weight excluding hydrogens is 266 g/mol. The molecule has 0 aromatic rings. The van der Waals surface area contributed by atoms with Gasteiger partial charge in [-0.15, -0.1) is 0 Å². The Kier molecular flexibility index (Phi) is 21.1. The van der Waals surface area contributed by atoms with Crippen LogP contribution < -0.4 is 5.32 Å². The molecule has 0 bridgehead atoms. The van der Waals surface area contributed by atoms with Crippen molar-refractivity contribution >= 4 is 0 Å². The van der Waals surface area contributed by atoms with Crippen LogP contribution in [-0.4, -0.2) is 13.1 Å². The minimum atomic E-state index is 0.639. The first-order chi connectivity index (χ1) is 10.2. The van der Waals surface area contributed by atoms with Gasteiger partial charge in [0, 0.05) is 6.04 Å². The standard InChI is InChI=1S/C16H35N.C3H8.C2H6/c1-11(2)13(5)9-16(10-14(6)17-8)15(7)12(3)4;1-3-2;1-2/h11-17H,9-10H2,1-8H3;3H2,1-2H3;1-2H3. The summed E-state index contributed by atoms with van der Waals surface area (Å²) in [5.74, 6) is 4.12. The van der Waals surface area contributed by atoms with Crippen LogP contribution in [-0.2, 0) is 0 Å². The van der Waals surface area contributed by atoms with Crippen molar-refractivity contribution in [1.29, 1.82) is 0 Å². The van der Waals surface area contributed by atoms with E-state index in [1.54, 1.807) is 0 Å². The van der Waals surface area contributed by atoms with Crippen LogP contribution in [0.3, 0.4) is 0 Å². The minimum absolute atomic E-state index is 0.639. The van der Waals surface area contributed by atoms with Gasteiger partial charge in [0.1, 0.15) is 0 Å². The first-order valence-corrected chi connectivity index (χ1v) is 9.88. The highest BCUT2D eigenvalue weighted by molar-refractivity contribution is 4.76. The molecule has 0 aliphatic rings. The van der Waals surface area contributed by atoms with Gasteiger partial charge in [0.15, 0.2) is 0 Å². The molecule has 0 saturated heterocycles. The van der Waals surface area contributed by atoms with Gasteiger partial charge in [0.2, 0.25) is 0 Å². The lowest BCUT2D eigenvalue weighted by Gasteiger charge is -2.32. The van der Waals surface area contributed by atoms with E-state index in [9.17, 15) is 0 Å². The second-order valence-electron chi connectivity index (χ2n) is 7.45. The molecule has 0 spiro atoms. The third kappa shape index (κ3) is 14.9. The second kappa shape index (κ2) is 17.3. The summed E-state index contributed by atoms with van der Waals surface area (Å²) in [5.41, 5.74) is 0. The highest BCUT2D eigenvalue weighted by Gasteiger charge is 2.24. The van der Waals surface area contributed by atoms with E-state index in [2.05, 4.69) is 74.7 Å². The molecule has 0 rings (SSSR count). The average molecular weight is 316 g/mol. The Hall–Kier alpha value is -0.0400. The van der Waals surface area contributed by atoms with Crippen molar-refractivity contribution in [3.63, 3.8) is 0 Å². The maximum absolute atomic E-state index is 3.39. The van der Waals surface area contributed by atoms with Crippen molar-refractivity contribution in [1.82, 2.24) is 5.32 Å². The molecule has 0 heterocycles. The van der Waals surface area contributed by atoms with Crippen molar-refractivity contribution in [2.45, 2.75) is 101 Å². The fourth-order valence-electron chi connectivity index (χ4n) is 2.39. The van der Waals surface area contributed by atoms with Crippen LogP contribution in [0.1, 0.15) is 95.4 Å². The van der Waals surface area contributed by atoms with E-state index < -0.39 is 0 Å². The fourth-order valence-corrected chi connectivity index (χ4v) is 2.39. The zero-order chi connectivity index (χ0) is 18.3. The lowest BCUT2D eigenvalue weighted by molar-refractivity contribution is 0.190. The van der Waals surface area contributed by atoms with Crippen molar-refractivity contribution in [2.24, 2.45) is 29.6 Å². The van der Waals surface area contributed by atoms with Crippen molar-refractivity contribution in [3.05, 3.63) is 0 Å². The summed E-state index contributed by atoms with van der Waals surface area (Å²) in [5, 5.41) is 3.39. The number of nitrogens with one attached hydrogen (secondary N) is 1. The maximum atomic E-state index is 3.39. The highest BCUT2D eigenvalue weighted by atomic mass is 14.8. The number of rotatable bonds is 8. The molecule has 4 unspecified atom stereocenters. The molecule has 0 fully saturated rings. The molecule has 1 N–H and O–H groups in total. The summed E-state index contributed by atoms with van der Waals surface area (Å²) in [4.78, 5) is 0. The summed E-state index contributed by atoms with van der Waals surface area (Å²) in [7, 11) is 2.08. The quantitative estimate of drug-likeness (QED) is 0.507. The summed E-state index contributed by atoms with van der Waals surface area (Å²) in [6.07, 6.45) is 3.94. The zero-order valence-corrected chi connectivity index (χ0v) is 18.1. The minimum Gasteiger partial charge on any atom is -0.317 e. The smallest absolute Gasteiger partial charge is 0.00384 e. The number of hydrogen-bond acceptors (Lipinski definition) is 1. The summed E-state index contributed by atoms with van der Waals surface area (Å²) >= 11 is 0. The third-order valence-corrected chi connectivity index (χ3v) is 4.76. The van der Waals surface area contributed by atoms with Gasteiger partial charge in [-0.3, -0.25) is 0 Å². The van der Waals surface area contributed by atoms with Crippen molar-refractivity contribution < 1.29 is 0 Å². The van der Waals surface area contributed by atoms with Gasteiger partial charge in [0.25, 0.3) is 0 Å². The first-order valence-electron chi connectivity index (χ1n) is 9.88. The van der Waals surface area contributed by atoms with E-state index in [1.807, 2.05) is 13.8 Å². The molecule has 0 saturated carbocycles. The molecule has 1 heteroatoms. The summed E-state index contributed by atoms with van der Waals surface area (Å²) in [6, 6.07) is 0.639. The SMILES string of the molecule is CC.CCC.CNC(C)CC(CC(C)C(C)C)C(C)C(C)C. The van der Waals surface area contributed by atoms with Crippen LogP contribution in [0, 0.1) is 29.6 Å². The second-order valence-corrected chi connectivity index (χ2v) is 7.45. The molecule has 0 radical (unpaired) electrons. The molecule has 1 nitrogen and oxygen atoms in total. The van der Waals surface area contributed by atoms with Gasteiger partial charge in [-0.05, 0) is 56.4 Å². The third-order valence-electron chi connectivity index (χ3n) is 4.76. The Morgan fingerprint density at radius 2 is 1.14 bits per heavy atom. The van der Waals surface area contributed by atoms with Crippen LogP contribution >= 0.6 is 0 Å². The largest absolute Gasteiger partial charge is 0.317 e.